The van der Waals surface area contributed by atoms with Crippen molar-refractivity contribution in [2.24, 2.45) is 0 Å². The number of unbranched alkanes of at least 4 members (excludes halogenated alkanes) is 10. The van der Waals surface area contributed by atoms with Gasteiger partial charge in [0.1, 0.15) is 0 Å². The average molecular weight is 259 g/mol. The van der Waals surface area contributed by atoms with Gasteiger partial charge in [-0.2, -0.15) is 0 Å². The molecule has 0 heterocycles. The van der Waals surface area contributed by atoms with Crippen molar-refractivity contribution in [3.63, 3.8) is 0 Å². The number of hydrogen-bond donors (Lipinski definition) is 0. The maximum atomic E-state index is 3.88. The van der Waals surface area contributed by atoms with Gasteiger partial charge in [-0.25, -0.2) is 0 Å². The lowest BCUT2D eigenvalue weighted by atomic mass is 10.0. The van der Waals surface area contributed by atoms with Gasteiger partial charge in [0.25, 0.3) is 0 Å². The quantitative estimate of drug-likeness (QED) is 0.383. The van der Waals surface area contributed by atoms with Crippen LogP contribution in [0.25, 0.3) is 0 Å². The van der Waals surface area contributed by atoms with Crippen molar-refractivity contribution >= 4 is 0 Å². The highest BCUT2D eigenvalue weighted by molar-refractivity contribution is 5.14. The zero-order valence-corrected chi connectivity index (χ0v) is 12.6. The molecule has 0 saturated carbocycles. The van der Waals surface area contributed by atoms with Crippen LogP contribution in [0.3, 0.4) is 0 Å². The van der Waals surface area contributed by atoms with Crippen molar-refractivity contribution in [3.05, 3.63) is 42.8 Å². The Morgan fingerprint density at radius 1 is 0.579 bits per heavy atom. The Balaban J connectivity index is 1.79. The third-order valence-electron chi connectivity index (χ3n) is 3.81. The van der Waals surface area contributed by atoms with E-state index in [1.54, 1.807) is 0 Å². The molecule has 0 fully saturated rings. The summed E-state index contributed by atoms with van der Waals surface area (Å²) in [5.74, 6) is 0. The molecule has 1 aromatic carbocycles. The first kappa shape index (κ1) is 16.3. The molecule has 107 valence electrons. The predicted molar refractivity (Wildman–Crippen MR) is 86.3 cm³/mol. The highest BCUT2D eigenvalue weighted by Gasteiger charge is 1.94. The second-order valence-corrected chi connectivity index (χ2v) is 5.62. The molecular weight excluding hydrogens is 228 g/mol. The molecule has 0 spiro atoms. The van der Waals surface area contributed by atoms with Crippen LogP contribution >= 0.6 is 0 Å². The van der Waals surface area contributed by atoms with Crippen LogP contribution in [0.5, 0.6) is 0 Å². The number of rotatable bonds is 12. The van der Waals surface area contributed by atoms with Crippen LogP contribution in [0.2, 0.25) is 0 Å². The summed E-state index contributed by atoms with van der Waals surface area (Å²) in [5, 5.41) is 0. The fourth-order valence-electron chi connectivity index (χ4n) is 2.56. The van der Waals surface area contributed by atoms with Crippen molar-refractivity contribution in [1.29, 1.82) is 0 Å². The van der Waals surface area contributed by atoms with E-state index in [1.807, 2.05) is 0 Å². The Bertz CT molecular complexity index is 275. The molecule has 0 aromatic heterocycles. The lowest BCUT2D eigenvalue weighted by Gasteiger charge is -2.03. The minimum Gasteiger partial charge on any atom is -0.0622 e. The molecule has 0 saturated heterocycles. The maximum absolute atomic E-state index is 3.88. The molecule has 0 unspecified atom stereocenters. The molecule has 0 amide bonds. The van der Waals surface area contributed by atoms with E-state index in [1.165, 1.54) is 76.2 Å². The second kappa shape index (κ2) is 12.3. The average Bonchev–Trinajstić information content (AvgIpc) is 2.46. The number of aryl methyl sites for hydroxylation is 1. The first-order valence-electron chi connectivity index (χ1n) is 8.26. The molecule has 0 atom stereocenters. The van der Waals surface area contributed by atoms with Crippen molar-refractivity contribution in [2.45, 2.75) is 77.0 Å². The van der Waals surface area contributed by atoms with Crippen molar-refractivity contribution in [3.8, 4) is 0 Å². The number of hydrogen-bond acceptors (Lipinski definition) is 0. The van der Waals surface area contributed by atoms with Crippen LogP contribution < -0.4 is 0 Å². The van der Waals surface area contributed by atoms with Gasteiger partial charge in [0.2, 0.25) is 0 Å². The SMILES string of the molecule is [CH2]CCCCCCCCCCCCc1ccccc1. The van der Waals surface area contributed by atoms with E-state index in [4.69, 9.17) is 0 Å². The molecule has 0 heteroatoms. The fraction of sp³-hybridized carbons (Fsp3) is 0.632. The lowest BCUT2D eigenvalue weighted by molar-refractivity contribution is 0.552. The predicted octanol–water partition coefficient (Wildman–Crippen LogP) is 6.35. The highest BCUT2D eigenvalue weighted by atomic mass is 14.0. The summed E-state index contributed by atoms with van der Waals surface area (Å²) in [6.07, 6.45) is 16.4. The van der Waals surface area contributed by atoms with Gasteiger partial charge in [0.05, 0.1) is 0 Å². The van der Waals surface area contributed by atoms with E-state index in [-0.39, 0.29) is 0 Å². The highest BCUT2D eigenvalue weighted by Crippen LogP contribution is 2.12. The summed E-state index contributed by atoms with van der Waals surface area (Å²) >= 11 is 0. The number of benzene rings is 1. The van der Waals surface area contributed by atoms with Crippen LogP contribution in [0.1, 0.15) is 76.2 Å². The fourth-order valence-corrected chi connectivity index (χ4v) is 2.56. The first-order valence-corrected chi connectivity index (χ1v) is 8.26. The molecule has 0 aliphatic carbocycles. The van der Waals surface area contributed by atoms with Gasteiger partial charge >= 0.3 is 0 Å². The maximum Gasteiger partial charge on any atom is -0.0279 e. The van der Waals surface area contributed by atoms with Gasteiger partial charge < -0.3 is 0 Å². The van der Waals surface area contributed by atoms with Crippen LogP contribution in [-0.4, -0.2) is 0 Å². The van der Waals surface area contributed by atoms with Crippen molar-refractivity contribution < 1.29 is 0 Å². The Kier molecular flexibility index (Phi) is 10.5. The molecular formula is C19H31. The summed E-state index contributed by atoms with van der Waals surface area (Å²) in [6, 6.07) is 10.9. The van der Waals surface area contributed by atoms with E-state index in [0.29, 0.717) is 0 Å². The molecule has 0 bridgehead atoms. The Morgan fingerprint density at radius 2 is 1.05 bits per heavy atom. The van der Waals surface area contributed by atoms with E-state index in [2.05, 4.69) is 37.3 Å². The zero-order chi connectivity index (χ0) is 13.6. The Morgan fingerprint density at radius 3 is 1.58 bits per heavy atom. The standard InChI is InChI=1S/C19H31/c1-2-3-4-5-6-7-8-9-10-11-13-16-19-17-14-12-15-18-19/h12,14-15,17-18H,1-11,13,16H2. The van der Waals surface area contributed by atoms with Crippen molar-refractivity contribution in [2.75, 3.05) is 0 Å². The van der Waals surface area contributed by atoms with E-state index in [0.717, 1.165) is 6.42 Å². The molecule has 0 aliphatic rings. The second-order valence-electron chi connectivity index (χ2n) is 5.62. The largest absolute Gasteiger partial charge is 0.0622 e. The molecule has 19 heavy (non-hydrogen) atoms. The first-order chi connectivity index (χ1) is 9.43. The Labute approximate surface area is 120 Å². The molecule has 0 N–H and O–H groups in total. The van der Waals surface area contributed by atoms with Crippen molar-refractivity contribution in [1.82, 2.24) is 0 Å². The monoisotopic (exact) mass is 259 g/mol. The molecule has 1 rings (SSSR count). The van der Waals surface area contributed by atoms with Gasteiger partial charge in [-0.05, 0) is 18.4 Å². The molecule has 0 aliphatic heterocycles. The van der Waals surface area contributed by atoms with Gasteiger partial charge in [0.15, 0.2) is 0 Å². The van der Waals surface area contributed by atoms with Gasteiger partial charge in [0, 0.05) is 0 Å². The minimum absolute atomic E-state index is 1.11. The summed E-state index contributed by atoms with van der Waals surface area (Å²) in [7, 11) is 0. The summed E-state index contributed by atoms with van der Waals surface area (Å²) in [6.45, 7) is 3.88. The van der Waals surface area contributed by atoms with Crippen LogP contribution in [0, 0.1) is 6.92 Å². The van der Waals surface area contributed by atoms with Crippen LogP contribution in [-0.2, 0) is 6.42 Å². The summed E-state index contributed by atoms with van der Waals surface area (Å²) in [4.78, 5) is 0. The zero-order valence-electron chi connectivity index (χ0n) is 12.6. The molecule has 1 radical (unpaired) electrons. The van der Waals surface area contributed by atoms with Gasteiger partial charge in [-0.1, -0.05) is 101 Å². The smallest absolute Gasteiger partial charge is 0.0279 e. The van der Waals surface area contributed by atoms with Gasteiger partial charge in [-0.15, -0.1) is 0 Å². The van der Waals surface area contributed by atoms with E-state index >= 15 is 0 Å². The van der Waals surface area contributed by atoms with Crippen LogP contribution in [0.4, 0.5) is 0 Å². The van der Waals surface area contributed by atoms with Gasteiger partial charge in [-0.3, -0.25) is 0 Å². The normalized spacial score (nSPS) is 10.8. The third kappa shape index (κ3) is 9.76. The Hall–Kier alpha value is -0.780. The summed E-state index contributed by atoms with van der Waals surface area (Å²) < 4.78 is 0. The lowest BCUT2D eigenvalue weighted by Crippen LogP contribution is -1.86. The molecule has 1 aromatic rings. The van der Waals surface area contributed by atoms with Crippen LogP contribution in [0.15, 0.2) is 30.3 Å². The third-order valence-corrected chi connectivity index (χ3v) is 3.81. The van der Waals surface area contributed by atoms with E-state index < -0.39 is 0 Å². The topological polar surface area (TPSA) is 0 Å². The summed E-state index contributed by atoms with van der Waals surface area (Å²) in [5.41, 5.74) is 1.49. The minimum atomic E-state index is 1.11. The van der Waals surface area contributed by atoms with E-state index in [9.17, 15) is 0 Å². The molecule has 0 nitrogen and oxygen atoms in total.